The smallest absolute Gasteiger partial charge is 0.0967 e. The van der Waals surface area contributed by atoms with E-state index in [9.17, 15) is 0 Å². The molecule has 0 atom stereocenters. The Morgan fingerprint density at radius 1 is 0.929 bits per heavy atom. The maximum absolute atomic E-state index is 8.48. The molecule has 0 aromatic heterocycles. The topological polar surface area (TPSA) is 82.4 Å². The molecular weight excluding hydrogens is 190 g/mol. The first-order valence-electron chi connectivity index (χ1n) is 4.69. The lowest BCUT2D eigenvalue weighted by Crippen LogP contribution is -2.23. The molecule has 14 heavy (non-hydrogen) atoms. The molecule has 0 aliphatic heterocycles. The fourth-order valence-corrected chi connectivity index (χ4v) is 0.275. The molecule has 0 fully saturated rings. The van der Waals surface area contributed by atoms with Crippen LogP contribution in [0.15, 0.2) is 0 Å². The second-order valence-corrected chi connectivity index (χ2v) is 2.35. The SMILES string of the molecule is CCCC.OCCON(O)OCCO. The highest BCUT2D eigenvalue weighted by Gasteiger charge is 1.97. The highest BCUT2D eigenvalue weighted by molar-refractivity contribution is 4.16. The van der Waals surface area contributed by atoms with Gasteiger partial charge in [-0.05, 0) is 0 Å². The molecule has 6 nitrogen and oxygen atoms in total. The standard InChI is InChI=1S/C4H11NO5.C4H10/c6-1-3-9-5(8)10-4-2-7;1-3-4-2/h6-8H,1-4H2;3-4H2,1-2H3. The van der Waals surface area contributed by atoms with Crippen LogP contribution in [0.5, 0.6) is 0 Å². The zero-order valence-electron chi connectivity index (χ0n) is 8.85. The van der Waals surface area contributed by atoms with Gasteiger partial charge in [0.15, 0.2) is 0 Å². The molecular formula is C8H21NO5. The van der Waals surface area contributed by atoms with Crippen molar-refractivity contribution in [3.63, 3.8) is 0 Å². The molecule has 0 heterocycles. The van der Waals surface area contributed by atoms with Crippen molar-refractivity contribution in [2.24, 2.45) is 0 Å². The fraction of sp³-hybridized carbons (Fsp3) is 1.00. The predicted molar refractivity (Wildman–Crippen MR) is 50.3 cm³/mol. The first kappa shape index (κ1) is 16.2. The summed E-state index contributed by atoms with van der Waals surface area (Å²) in [5.74, 6) is 0. The molecule has 0 bridgehead atoms. The first-order chi connectivity index (χ1) is 6.72. The van der Waals surface area contributed by atoms with Crippen molar-refractivity contribution in [3.8, 4) is 0 Å². The van der Waals surface area contributed by atoms with E-state index in [2.05, 4.69) is 23.5 Å². The quantitative estimate of drug-likeness (QED) is 0.526. The van der Waals surface area contributed by atoms with E-state index in [0.717, 1.165) is 0 Å². The molecule has 88 valence electrons. The van der Waals surface area contributed by atoms with Crippen LogP contribution in [-0.2, 0) is 9.68 Å². The van der Waals surface area contributed by atoms with E-state index >= 15 is 0 Å². The molecule has 0 aromatic carbocycles. The Balaban J connectivity index is 0. The molecule has 0 aromatic rings. The zero-order valence-corrected chi connectivity index (χ0v) is 8.85. The van der Waals surface area contributed by atoms with Gasteiger partial charge >= 0.3 is 0 Å². The number of nitrogens with zero attached hydrogens (tertiary/aromatic N) is 1. The predicted octanol–water partition coefficient (Wildman–Crippen LogP) is 0.332. The van der Waals surface area contributed by atoms with Gasteiger partial charge in [-0.15, -0.1) is 0 Å². The Morgan fingerprint density at radius 3 is 1.50 bits per heavy atom. The van der Waals surface area contributed by atoms with Crippen molar-refractivity contribution in [2.75, 3.05) is 26.4 Å². The summed E-state index contributed by atoms with van der Waals surface area (Å²) in [6.45, 7) is 3.84. The van der Waals surface area contributed by atoms with Gasteiger partial charge in [-0.1, -0.05) is 26.7 Å². The fourth-order valence-electron chi connectivity index (χ4n) is 0.275. The third-order valence-electron chi connectivity index (χ3n) is 1.09. The summed E-state index contributed by atoms with van der Waals surface area (Å²) in [6, 6.07) is 0. The van der Waals surface area contributed by atoms with Gasteiger partial charge in [-0.2, -0.15) is 0 Å². The van der Waals surface area contributed by atoms with Gasteiger partial charge in [0.2, 0.25) is 0 Å². The van der Waals surface area contributed by atoms with E-state index in [1.807, 2.05) is 0 Å². The minimum absolute atomic E-state index is 0.0536. The number of hydrogen-bond acceptors (Lipinski definition) is 6. The van der Waals surface area contributed by atoms with Crippen LogP contribution in [0.2, 0.25) is 0 Å². The summed E-state index contributed by atoms with van der Waals surface area (Å²) in [7, 11) is 0. The number of rotatable bonds is 7. The van der Waals surface area contributed by atoms with Crippen LogP contribution in [0.3, 0.4) is 0 Å². The van der Waals surface area contributed by atoms with E-state index in [4.69, 9.17) is 15.4 Å². The van der Waals surface area contributed by atoms with Gasteiger partial charge in [-0.25, -0.2) is 9.68 Å². The molecule has 0 aliphatic carbocycles. The summed E-state index contributed by atoms with van der Waals surface area (Å²) in [5.41, 5.74) is 0. The third kappa shape index (κ3) is 17.7. The molecule has 0 rings (SSSR count). The maximum atomic E-state index is 8.48. The monoisotopic (exact) mass is 211 g/mol. The van der Waals surface area contributed by atoms with Crippen LogP contribution in [0, 0.1) is 0 Å². The average molecular weight is 211 g/mol. The van der Waals surface area contributed by atoms with Gasteiger partial charge in [0.05, 0.1) is 31.8 Å². The maximum Gasteiger partial charge on any atom is 0.0967 e. The second-order valence-electron chi connectivity index (χ2n) is 2.35. The van der Waals surface area contributed by atoms with Crippen LogP contribution in [0.1, 0.15) is 26.7 Å². The number of aliphatic hydroxyl groups excluding tert-OH is 2. The van der Waals surface area contributed by atoms with Crippen molar-refractivity contribution in [3.05, 3.63) is 0 Å². The first-order valence-corrected chi connectivity index (χ1v) is 4.69. The van der Waals surface area contributed by atoms with Gasteiger partial charge < -0.3 is 10.2 Å². The minimum Gasteiger partial charge on any atom is -0.394 e. The normalized spacial score (nSPS) is 9.86. The van der Waals surface area contributed by atoms with Crippen molar-refractivity contribution in [2.45, 2.75) is 26.7 Å². The highest BCUT2D eigenvalue weighted by Crippen LogP contribution is 1.84. The Labute approximate surface area is 84.5 Å². The van der Waals surface area contributed by atoms with Crippen molar-refractivity contribution in [1.29, 1.82) is 0 Å². The van der Waals surface area contributed by atoms with Crippen LogP contribution in [-0.4, -0.2) is 47.2 Å². The molecule has 0 saturated carbocycles. The third-order valence-corrected chi connectivity index (χ3v) is 1.09. The van der Waals surface area contributed by atoms with Gasteiger partial charge in [-0.3, -0.25) is 5.21 Å². The van der Waals surface area contributed by atoms with Crippen LogP contribution < -0.4 is 0 Å². The van der Waals surface area contributed by atoms with E-state index in [1.54, 1.807) is 0 Å². The summed E-state index contributed by atoms with van der Waals surface area (Å²) < 4.78 is 0. The van der Waals surface area contributed by atoms with Crippen LogP contribution in [0.4, 0.5) is 0 Å². The second kappa shape index (κ2) is 15.2. The number of hydrogen-bond donors (Lipinski definition) is 3. The molecule has 0 unspecified atom stereocenters. The van der Waals surface area contributed by atoms with Gasteiger partial charge in [0.1, 0.15) is 0 Å². The zero-order chi connectivity index (χ0) is 11.2. The Bertz CT molecular complexity index is 83.8. The number of unbranched alkanes of at least 4 members (excludes halogenated alkanes) is 1. The Morgan fingerprint density at radius 2 is 1.29 bits per heavy atom. The van der Waals surface area contributed by atoms with Crippen molar-refractivity contribution < 1.29 is 25.1 Å². The lowest BCUT2D eigenvalue weighted by molar-refractivity contribution is -0.511. The van der Waals surface area contributed by atoms with Crippen LogP contribution in [0.25, 0.3) is 0 Å². The Hall–Kier alpha value is -0.240. The summed E-state index contributed by atoms with van der Waals surface area (Å²) >= 11 is 0. The minimum atomic E-state index is -0.209. The summed E-state index contributed by atoms with van der Waals surface area (Å²) in [6.07, 6.45) is 2.64. The van der Waals surface area contributed by atoms with Crippen LogP contribution >= 0.6 is 0 Å². The van der Waals surface area contributed by atoms with E-state index < -0.39 is 0 Å². The molecule has 3 N–H and O–H groups in total. The molecule has 0 spiro atoms. The number of aliphatic hydroxyl groups is 2. The molecule has 0 radical (unpaired) electrons. The van der Waals surface area contributed by atoms with Gasteiger partial charge in [0, 0.05) is 0 Å². The van der Waals surface area contributed by atoms with Crippen molar-refractivity contribution in [1.82, 2.24) is 5.39 Å². The van der Waals surface area contributed by atoms with E-state index in [-0.39, 0.29) is 31.8 Å². The van der Waals surface area contributed by atoms with E-state index in [0.29, 0.717) is 0 Å². The lowest BCUT2D eigenvalue weighted by Gasteiger charge is -2.10. The van der Waals surface area contributed by atoms with Crippen molar-refractivity contribution >= 4 is 0 Å². The Kier molecular flexibility index (Phi) is 17.6. The molecule has 0 saturated heterocycles. The summed E-state index contributed by atoms with van der Waals surface area (Å²) in [5, 5.41) is 24.9. The lowest BCUT2D eigenvalue weighted by atomic mass is 10.4. The highest BCUT2D eigenvalue weighted by atomic mass is 17.1. The molecule has 0 amide bonds. The average Bonchev–Trinajstić information content (AvgIpc) is 2.23. The largest absolute Gasteiger partial charge is 0.394 e. The van der Waals surface area contributed by atoms with Gasteiger partial charge in [0.25, 0.3) is 0 Å². The molecule has 0 aliphatic rings. The summed E-state index contributed by atoms with van der Waals surface area (Å²) in [4.78, 5) is 8.60. The molecule has 6 heteroatoms. The van der Waals surface area contributed by atoms with E-state index in [1.165, 1.54) is 12.8 Å².